The molecule has 4 atom stereocenters. The summed E-state index contributed by atoms with van der Waals surface area (Å²) in [5, 5.41) is 19.5. The average molecular weight is 241 g/mol. The van der Waals surface area contributed by atoms with Crippen molar-refractivity contribution in [1.29, 1.82) is 0 Å². The fourth-order valence-electron chi connectivity index (χ4n) is 2.40. The quantitative estimate of drug-likeness (QED) is 0.698. The highest BCUT2D eigenvalue weighted by atomic mass is 16.3. The molecule has 0 radical (unpaired) electrons. The van der Waals surface area contributed by atoms with Crippen molar-refractivity contribution in [2.75, 3.05) is 7.05 Å². The van der Waals surface area contributed by atoms with Crippen LogP contribution < -0.4 is 0 Å². The first kappa shape index (κ1) is 14.7. The number of hydrogen-bond acceptors (Lipinski definition) is 3. The van der Waals surface area contributed by atoms with Crippen LogP contribution in [0.15, 0.2) is 12.2 Å². The average Bonchev–Trinajstić information content (AvgIpc) is 2.33. The second-order valence-corrected chi connectivity index (χ2v) is 5.15. The van der Waals surface area contributed by atoms with Gasteiger partial charge in [-0.25, -0.2) is 0 Å². The van der Waals surface area contributed by atoms with E-state index in [1.165, 1.54) is 0 Å². The predicted octanol–water partition coefficient (Wildman–Crippen LogP) is 1.94. The molecule has 3 heteroatoms. The molecule has 0 aliphatic carbocycles. The van der Waals surface area contributed by atoms with E-state index in [1.807, 2.05) is 13.8 Å². The molecule has 0 aromatic heterocycles. The lowest BCUT2D eigenvalue weighted by Crippen LogP contribution is -2.44. The van der Waals surface area contributed by atoms with Gasteiger partial charge in [0.2, 0.25) is 0 Å². The summed E-state index contributed by atoms with van der Waals surface area (Å²) in [7, 11) is 2.10. The van der Waals surface area contributed by atoms with Crippen LogP contribution in [0.2, 0.25) is 0 Å². The van der Waals surface area contributed by atoms with Crippen molar-refractivity contribution in [3.05, 3.63) is 12.2 Å². The number of aliphatic hydroxyl groups excluding tert-OH is 2. The zero-order valence-electron chi connectivity index (χ0n) is 11.3. The molecule has 1 rings (SSSR count). The Morgan fingerprint density at radius 2 is 1.76 bits per heavy atom. The van der Waals surface area contributed by atoms with Gasteiger partial charge in [-0.3, -0.25) is 4.90 Å². The molecule has 1 heterocycles. The number of nitrogens with zero attached hydrogens (tertiary/aromatic N) is 1. The SMILES string of the molecule is CC[C@@H](O)C[C@@H]1CC=C[C@@H](C[C@H](O)CC)N1C. The maximum absolute atomic E-state index is 9.74. The van der Waals surface area contributed by atoms with E-state index in [0.29, 0.717) is 12.1 Å². The molecule has 100 valence electrons. The van der Waals surface area contributed by atoms with E-state index in [-0.39, 0.29) is 12.2 Å². The molecular weight excluding hydrogens is 214 g/mol. The summed E-state index contributed by atoms with van der Waals surface area (Å²) < 4.78 is 0. The van der Waals surface area contributed by atoms with Crippen molar-refractivity contribution in [1.82, 2.24) is 4.90 Å². The van der Waals surface area contributed by atoms with Gasteiger partial charge in [-0.2, -0.15) is 0 Å². The van der Waals surface area contributed by atoms with Crippen LogP contribution in [-0.2, 0) is 0 Å². The van der Waals surface area contributed by atoms with Gasteiger partial charge in [0.1, 0.15) is 0 Å². The van der Waals surface area contributed by atoms with Crippen LogP contribution in [0.5, 0.6) is 0 Å². The van der Waals surface area contributed by atoms with E-state index in [2.05, 4.69) is 24.1 Å². The second kappa shape index (κ2) is 7.14. The standard InChI is InChI=1S/C14H27NO2/c1-4-13(16)9-11-7-6-8-12(15(11)3)10-14(17)5-2/h6-7,11-14,16-17H,4-5,8-10H2,1-3H3/t11-,12-,13+,14+/m0/s1. The summed E-state index contributed by atoms with van der Waals surface area (Å²) in [5.74, 6) is 0. The number of likely N-dealkylation sites (N-methyl/N-ethyl adjacent to an activating group) is 1. The molecule has 0 aromatic rings. The molecule has 0 fully saturated rings. The van der Waals surface area contributed by atoms with E-state index in [1.54, 1.807) is 0 Å². The van der Waals surface area contributed by atoms with Crippen molar-refractivity contribution in [2.45, 2.75) is 70.2 Å². The summed E-state index contributed by atoms with van der Waals surface area (Å²) in [5.41, 5.74) is 0. The van der Waals surface area contributed by atoms with E-state index in [4.69, 9.17) is 0 Å². The van der Waals surface area contributed by atoms with Crippen LogP contribution in [-0.4, -0.2) is 46.5 Å². The lowest BCUT2D eigenvalue weighted by atomic mass is 9.94. The smallest absolute Gasteiger partial charge is 0.0555 e. The van der Waals surface area contributed by atoms with Crippen LogP contribution in [0.1, 0.15) is 46.0 Å². The van der Waals surface area contributed by atoms with Crippen molar-refractivity contribution in [2.24, 2.45) is 0 Å². The Balaban J connectivity index is 2.52. The Morgan fingerprint density at radius 3 is 2.35 bits per heavy atom. The van der Waals surface area contributed by atoms with Gasteiger partial charge >= 0.3 is 0 Å². The van der Waals surface area contributed by atoms with Gasteiger partial charge in [-0.15, -0.1) is 0 Å². The Morgan fingerprint density at radius 1 is 1.18 bits per heavy atom. The van der Waals surface area contributed by atoms with Gasteiger partial charge < -0.3 is 10.2 Å². The molecule has 0 saturated carbocycles. The van der Waals surface area contributed by atoms with E-state index in [0.717, 1.165) is 32.1 Å². The number of hydrogen-bond donors (Lipinski definition) is 2. The van der Waals surface area contributed by atoms with Crippen LogP contribution in [0.3, 0.4) is 0 Å². The van der Waals surface area contributed by atoms with Gasteiger partial charge in [0, 0.05) is 12.1 Å². The first-order chi connectivity index (χ1) is 8.08. The van der Waals surface area contributed by atoms with Crippen molar-refractivity contribution < 1.29 is 10.2 Å². The largest absolute Gasteiger partial charge is 0.393 e. The van der Waals surface area contributed by atoms with Crippen LogP contribution in [0.25, 0.3) is 0 Å². The fraction of sp³-hybridized carbons (Fsp3) is 0.857. The third-order valence-corrected chi connectivity index (χ3v) is 3.87. The van der Waals surface area contributed by atoms with Crippen LogP contribution in [0.4, 0.5) is 0 Å². The molecule has 0 amide bonds. The van der Waals surface area contributed by atoms with Crippen molar-refractivity contribution in [3.8, 4) is 0 Å². The molecule has 3 nitrogen and oxygen atoms in total. The maximum atomic E-state index is 9.74. The van der Waals surface area contributed by atoms with Gasteiger partial charge in [0.25, 0.3) is 0 Å². The zero-order valence-corrected chi connectivity index (χ0v) is 11.3. The Labute approximate surface area is 105 Å². The van der Waals surface area contributed by atoms with Crippen molar-refractivity contribution >= 4 is 0 Å². The third-order valence-electron chi connectivity index (χ3n) is 3.87. The normalized spacial score (nSPS) is 29.2. The van der Waals surface area contributed by atoms with E-state index < -0.39 is 0 Å². The van der Waals surface area contributed by atoms with Crippen LogP contribution >= 0.6 is 0 Å². The lowest BCUT2D eigenvalue weighted by Gasteiger charge is -2.38. The molecule has 2 N–H and O–H groups in total. The second-order valence-electron chi connectivity index (χ2n) is 5.15. The van der Waals surface area contributed by atoms with E-state index in [9.17, 15) is 10.2 Å². The van der Waals surface area contributed by atoms with E-state index >= 15 is 0 Å². The number of aliphatic hydroxyl groups is 2. The summed E-state index contributed by atoms with van der Waals surface area (Å²) in [6, 6.07) is 0.719. The lowest BCUT2D eigenvalue weighted by molar-refractivity contribution is 0.0718. The van der Waals surface area contributed by atoms with Crippen LogP contribution in [0, 0.1) is 0 Å². The molecule has 1 aliphatic heterocycles. The van der Waals surface area contributed by atoms with Crippen molar-refractivity contribution in [3.63, 3.8) is 0 Å². The minimum atomic E-state index is -0.220. The monoisotopic (exact) mass is 241 g/mol. The fourth-order valence-corrected chi connectivity index (χ4v) is 2.40. The summed E-state index contributed by atoms with van der Waals surface area (Å²) in [6.45, 7) is 4.02. The Kier molecular flexibility index (Phi) is 6.17. The summed E-state index contributed by atoms with van der Waals surface area (Å²) in [6.07, 6.45) is 8.21. The molecular formula is C14H27NO2. The molecule has 0 unspecified atom stereocenters. The summed E-state index contributed by atoms with van der Waals surface area (Å²) in [4.78, 5) is 2.30. The molecule has 17 heavy (non-hydrogen) atoms. The topological polar surface area (TPSA) is 43.7 Å². The Hall–Kier alpha value is -0.380. The molecule has 0 saturated heterocycles. The molecule has 0 bridgehead atoms. The van der Waals surface area contributed by atoms with Gasteiger partial charge in [-0.05, 0) is 39.2 Å². The molecule has 0 aromatic carbocycles. The number of rotatable bonds is 6. The zero-order chi connectivity index (χ0) is 12.8. The highest BCUT2D eigenvalue weighted by molar-refractivity contribution is 5.03. The maximum Gasteiger partial charge on any atom is 0.0555 e. The van der Waals surface area contributed by atoms with Gasteiger partial charge in [-0.1, -0.05) is 26.0 Å². The first-order valence-electron chi connectivity index (χ1n) is 6.83. The Bertz CT molecular complexity index is 242. The minimum absolute atomic E-state index is 0.203. The van der Waals surface area contributed by atoms with Gasteiger partial charge in [0.15, 0.2) is 0 Å². The highest BCUT2D eigenvalue weighted by Gasteiger charge is 2.26. The molecule has 1 aliphatic rings. The third kappa shape index (κ3) is 4.41. The van der Waals surface area contributed by atoms with Gasteiger partial charge in [0.05, 0.1) is 12.2 Å². The minimum Gasteiger partial charge on any atom is -0.393 e. The summed E-state index contributed by atoms with van der Waals surface area (Å²) >= 11 is 0. The highest BCUT2D eigenvalue weighted by Crippen LogP contribution is 2.23. The first-order valence-corrected chi connectivity index (χ1v) is 6.83. The molecule has 0 spiro atoms. The predicted molar refractivity (Wildman–Crippen MR) is 70.9 cm³/mol.